The van der Waals surface area contributed by atoms with E-state index >= 15 is 0 Å². The molecule has 2 rings (SSSR count). The Balaban J connectivity index is 2.29. The third kappa shape index (κ3) is 4.95. The predicted molar refractivity (Wildman–Crippen MR) is 99.4 cm³/mol. The van der Waals surface area contributed by atoms with Gasteiger partial charge >= 0.3 is 11.9 Å². The van der Waals surface area contributed by atoms with Crippen molar-refractivity contribution in [3.63, 3.8) is 0 Å². The van der Waals surface area contributed by atoms with Gasteiger partial charge in [0.1, 0.15) is 11.6 Å². The standard InChI is InChI=1S/C21H19NO5/c1-4-26-20(23)16(13-22)11-15-9-10-18(19(12-15)25-3)27-21(24)17-8-6-5-7-14(17)2/h5-12H,4H2,1-3H3/b16-11+. The Labute approximate surface area is 157 Å². The number of hydrogen-bond acceptors (Lipinski definition) is 6. The predicted octanol–water partition coefficient (Wildman–Crippen LogP) is 3.69. The van der Waals surface area contributed by atoms with Crippen molar-refractivity contribution < 1.29 is 23.8 Å². The topological polar surface area (TPSA) is 85.6 Å². The van der Waals surface area contributed by atoms with Crippen molar-refractivity contribution in [2.45, 2.75) is 13.8 Å². The SMILES string of the molecule is CCOC(=O)/C(C#N)=C/c1ccc(OC(=O)c2ccccc2C)c(OC)c1. The maximum atomic E-state index is 12.4. The molecule has 0 fully saturated rings. The minimum Gasteiger partial charge on any atom is -0.493 e. The van der Waals surface area contributed by atoms with Crippen LogP contribution in [0, 0.1) is 18.3 Å². The van der Waals surface area contributed by atoms with Crippen LogP contribution in [0.15, 0.2) is 48.0 Å². The van der Waals surface area contributed by atoms with Gasteiger partial charge in [0.2, 0.25) is 0 Å². The van der Waals surface area contributed by atoms with Gasteiger partial charge in [0, 0.05) is 0 Å². The van der Waals surface area contributed by atoms with Crippen LogP contribution < -0.4 is 9.47 Å². The van der Waals surface area contributed by atoms with E-state index in [1.54, 1.807) is 37.3 Å². The van der Waals surface area contributed by atoms with Gasteiger partial charge in [0.15, 0.2) is 11.5 Å². The zero-order valence-electron chi connectivity index (χ0n) is 15.3. The van der Waals surface area contributed by atoms with Gasteiger partial charge in [-0.05, 0) is 49.2 Å². The molecule has 0 bridgehead atoms. The Hall–Kier alpha value is -3.59. The summed E-state index contributed by atoms with van der Waals surface area (Å²) in [7, 11) is 1.44. The fraction of sp³-hybridized carbons (Fsp3) is 0.190. The molecule has 27 heavy (non-hydrogen) atoms. The number of ether oxygens (including phenoxy) is 3. The minimum atomic E-state index is -0.700. The van der Waals surface area contributed by atoms with Crippen LogP contribution in [0.2, 0.25) is 0 Å². The summed E-state index contributed by atoms with van der Waals surface area (Å²) in [5, 5.41) is 9.12. The van der Waals surface area contributed by atoms with E-state index in [1.807, 2.05) is 25.1 Å². The van der Waals surface area contributed by atoms with Crippen molar-refractivity contribution in [2.75, 3.05) is 13.7 Å². The van der Waals surface area contributed by atoms with Crippen molar-refractivity contribution in [1.82, 2.24) is 0 Å². The van der Waals surface area contributed by atoms with Gasteiger partial charge in [-0.25, -0.2) is 9.59 Å². The second-order valence-corrected chi connectivity index (χ2v) is 5.51. The molecule has 0 saturated heterocycles. The summed E-state index contributed by atoms with van der Waals surface area (Å²) in [6.45, 7) is 3.66. The summed E-state index contributed by atoms with van der Waals surface area (Å²) in [5.41, 5.74) is 1.66. The van der Waals surface area contributed by atoms with Crippen molar-refractivity contribution in [3.8, 4) is 17.6 Å². The molecule has 0 aliphatic rings. The van der Waals surface area contributed by atoms with Crippen molar-refractivity contribution in [1.29, 1.82) is 5.26 Å². The number of carbonyl (C=O) groups is 2. The second kappa shape index (κ2) is 9.20. The number of nitrogens with zero attached hydrogens (tertiary/aromatic N) is 1. The average molecular weight is 365 g/mol. The van der Waals surface area contributed by atoms with Crippen LogP contribution in [0.3, 0.4) is 0 Å². The number of rotatable bonds is 6. The van der Waals surface area contributed by atoms with Gasteiger partial charge in [-0.2, -0.15) is 5.26 Å². The third-order valence-corrected chi connectivity index (χ3v) is 3.68. The van der Waals surface area contributed by atoms with Gasteiger partial charge in [0.05, 0.1) is 19.3 Å². The van der Waals surface area contributed by atoms with Crippen molar-refractivity contribution >= 4 is 18.0 Å². The molecule has 0 N–H and O–H groups in total. The largest absolute Gasteiger partial charge is 0.493 e. The summed E-state index contributed by atoms with van der Waals surface area (Å²) >= 11 is 0. The molecule has 0 saturated carbocycles. The number of methoxy groups -OCH3 is 1. The molecule has 0 aromatic heterocycles. The van der Waals surface area contributed by atoms with Gasteiger partial charge in [-0.1, -0.05) is 24.3 Å². The first kappa shape index (κ1) is 19.7. The number of esters is 2. The number of aryl methyl sites for hydroxylation is 1. The van der Waals surface area contributed by atoms with E-state index in [2.05, 4.69) is 0 Å². The van der Waals surface area contributed by atoms with Crippen LogP contribution in [0.1, 0.15) is 28.4 Å². The Bertz CT molecular complexity index is 924. The zero-order chi connectivity index (χ0) is 19.8. The van der Waals surface area contributed by atoms with E-state index in [4.69, 9.17) is 19.5 Å². The van der Waals surface area contributed by atoms with Gasteiger partial charge in [-0.3, -0.25) is 0 Å². The Morgan fingerprint density at radius 2 is 1.89 bits per heavy atom. The maximum Gasteiger partial charge on any atom is 0.348 e. The molecule has 0 aliphatic heterocycles. The maximum absolute atomic E-state index is 12.4. The highest BCUT2D eigenvalue weighted by Crippen LogP contribution is 2.30. The van der Waals surface area contributed by atoms with Crippen LogP contribution in [-0.2, 0) is 9.53 Å². The lowest BCUT2D eigenvalue weighted by atomic mass is 10.1. The summed E-state index contributed by atoms with van der Waals surface area (Å²) < 4.78 is 15.5. The Morgan fingerprint density at radius 1 is 1.15 bits per heavy atom. The molecular formula is C21H19NO5. The van der Waals surface area contributed by atoms with Gasteiger partial charge in [-0.15, -0.1) is 0 Å². The minimum absolute atomic E-state index is 0.136. The van der Waals surface area contributed by atoms with Gasteiger partial charge < -0.3 is 14.2 Å². The molecule has 2 aromatic rings. The monoisotopic (exact) mass is 365 g/mol. The molecule has 0 spiro atoms. The molecule has 2 aromatic carbocycles. The third-order valence-electron chi connectivity index (χ3n) is 3.68. The average Bonchev–Trinajstić information content (AvgIpc) is 2.67. The number of nitriles is 1. The molecule has 0 amide bonds. The molecule has 0 unspecified atom stereocenters. The first-order valence-electron chi connectivity index (χ1n) is 8.25. The van der Waals surface area contributed by atoms with Crippen molar-refractivity contribution in [3.05, 3.63) is 64.7 Å². The molecule has 0 atom stereocenters. The van der Waals surface area contributed by atoms with Crippen molar-refractivity contribution in [2.24, 2.45) is 0 Å². The zero-order valence-corrected chi connectivity index (χ0v) is 15.3. The fourth-order valence-electron chi connectivity index (χ4n) is 2.33. The van der Waals surface area contributed by atoms with E-state index in [1.165, 1.54) is 13.2 Å². The van der Waals surface area contributed by atoms with E-state index in [9.17, 15) is 9.59 Å². The first-order valence-corrected chi connectivity index (χ1v) is 8.25. The smallest absolute Gasteiger partial charge is 0.348 e. The van der Waals surface area contributed by atoms with E-state index in [0.29, 0.717) is 16.9 Å². The summed E-state index contributed by atoms with van der Waals surface area (Å²) in [4.78, 5) is 24.1. The molecule has 0 radical (unpaired) electrons. The van der Waals surface area contributed by atoms with Crippen LogP contribution in [0.4, 0.5) is 0 Å². The number of benzene rings is 2. The van der Waals surface area contributed by atoms with Crippen LogP contribution in [0.25, 0.3) is 6.08 Å². The summed E-state index contributed by atoms with van der Waals surface area (Å²) in [5.74, 6) is -0.669. The molecule has 0 heterocycles. The lowest BCUT2D eigenvalue weighted by Crippen LogP contribution is -2.10. The molecular weight excluding hydrogens is 346 g/mol. The highest BCUT2D eigenvalue weighted by Gasteiger charge is 2.15. The summed E-state index contributed by atoms with van der Waals surface area (Å²) in [6, 6.07) is 13.6. The lowest BCUT2D eigenvalue weighted by Gasteiger charge is -2.11. The fourth-order valence-corrected chi connectivity index (χ4v) is 2.33. The number of hydrogen-bond donors (Lipinski definition) is 0. The Morgan fingerprint density at radius 3 is 2.52 bits per heavy atom. The highest BCUT2D eigenvalue weighted by atomic mass is 16.6. The van der Waals surface area contributed by atoms with E-state index in [0.717, 1.165) is 5.56 Å². The Kier molecular flexibility index (Phi) is 6.73. The molecule has 6 nitrogen and oxygen atoms in total. The summed E-state index contributed by atoms with van der Waals surface area (Å²) in [6.07, 6.45) is 1.38. The van der Waals surface area contributed by atoms with Gasteiger partial charge in [0.25, 0.3) is 0 Å². The lowest BCUT2D eigenvalue weighted by molar-refractivity contribution is -0.137. The van der Waals surface area contributed by atoms with Crippen LogP contribution >= 0.6 is 0 Å². The second-order valence-electron chi connectivity index (χ2n) is 5.51. The molecule has 138 valence electrons. The van der Waals surface area contributed by atoms with Crippen LogP contribution in [-0.4, -0.2) is 25.7 Å². The molecule has 6 heteroatoms. The first-order chi connectivity index (χ1) is 13.0. The normalized spacial score (nSPS) is 10.7. The van der Waals surface area contributed by atoms with E-state index < -0.39 is 11.9 Å². The van der Waals surface area contributed by atoms with E-state index in [-0.39, 0.29) is 17.9 Å². The molecule has 0 aliphatic carbocycles. The van der Waals surface area contributed by atoms with Crippen LogP contribution in [0.5, 0.6) is 11.5 Å². The number of carbonyl (C=O) groups excluding carboxylic acids is 2. The highest BCUT2D eigenvalue weighted by molar-refractivity contribution is 5.98. The quantitative estimate of drug-likeness (QED) is 0.336.